The van der Waals surface area contributed by atoms with Gasteiger partial charge in [-0.2, -0.15) is 0 Å². The molecule has 5 heteroatoms. The summed E-state index contributed by atoms with van der Waals surface area (Å²) < 4.78 is 0. The van der Waals surface area contributed by atoms with E-state index in [2.05, 4.69) is 84.0 Å². The van der Waals surface area contributed by atoms with Crippen LogP contribution in [0.25, 0.3) is 10.8 Å². The van der Waals surface area contributed by atoms with Gasteiger partial charge in [0.1, 0.15) is 8.07 Å². The van der Waals surface area contributed by atoms with Gasteiger partial charge in [-0.05, 0) is 48.3 Å². The summed E-state index contributed by atoms with van der Waals surface area (Å²) >= 11 is 5.88. The molecule has 0 saturated carbocycles. The fourth-order valence-corrected chi connectivity index (χ4v) is 3.88. The van der Waals surface area contributed by atoms with Crippen LogP contribution in [0.4, 0.5) is 11.4 Å². The van der Waals surface area contributed by atoms with Gasteiger partial charge in [-0.3, -0.25) is 0 Å². The van der Waals surface area contributed by atoms with Crippen molar-refractivity contribution >= 4 is 48.8 Å². The topological polar surface area (TPSA) is 24.1 Å². The van der Waals surface area contributed by atoms with Gasteiger partial charge in [0.25, 0.3) is 0 Å². The third-order valence-electron chi connectivity index (χ3n) is 4.43. The summed E-state index contributed by atoms with van der Waals surface area (Å²) in [7, 11) is -1.38. The maximum Gasteiger partial charge on any atom is 0.402 e. The maximum absolute atomic E-state index is 5.88. The molecule has 2 nitrogen and oxygen atoms in total. The van der Waals surface area contributed by atoms with E-state index >= 15 is 0 Å². The number of anilines is 2. The normalized spacial score (nSPS) is 13.7. The van der Waals surface area contributed by atoms with Crippen LogP contribution in [0.15, 0.2) is 47.9 Å². The largest absolute Gasteiger partial charge is 0.405 e. The first-order valence-corrected chi connectivity index (χ1v) is 13.3. The second-order valence-electron chi connectivity index (χ2n) is 7.82. The van der Waals surface area contributed by atoms with Gasteiger partial charge in [-0.15, -0.1) is 17.1 Å². The van der Waals surface area contributed by atoms with Crippen LogP contribution in [0.1, 0.15) is 19.3 Å². The summed E-state index contributed by atoms with van der Waals surface area (Å²) in [6.07, 6.45) is 5.22. The van der Waals surface area contributed by atoms with Crippen molar-refractivity contribution in [1.82, 2.24) is 0 Å². The van der Waals surface area contributed by atoms with Crippen molar-refractivity contribution in [2.45, 2.75) is 38.9 Å². The Bertz CT molecular complexity index is 836. The number of alkyl halides is 1. The number of hydrogen-bond donors (Lipinski definition) is 2. The van der Waals surface area contributed by atoms with E-state index in [0.29, 0.717) is 5.88 Å². The first-order valence-electron chi connectivity index (χ1n) is 9.30. The van der Waals surface area contributed by atoms with Crippen molar-refractivity contribution in [3.63, 3.8) is 0 Å². The van der Waals surface area contributed by atoms with Crippen LogP contribution in [0, 0.1) is 11.5 Å². The summed E-state index contributed by atoms with van der Waals surface area (Å²) in [4.78, 5) is 0. The first kappa shape index (κ1) is 18.9. The van der Waals surface area contributed by atoms with E-state index in [0.717, 1.165) is 19.3 Å². The molecule has 0 unspecified atom stereocenters. The first-order chi connectivity index (χ1) is 12.5. The van der Waals surface area contributed by atoms with Crippen molar-refractivity contribution in [3.8, 4) is 11.5 Å². The predicted octanol–water partition coefficient (Wildman–Crippen LogP) is 5.92. The molecule has 2 aromatic rings. The zero-order valence-electron chi connectivity index (χ0n) is 15.8. The summed E-state index contributed by atoms with van der Waals surface area (Å²) in [5, 5.41) is 9.85. The molecule has 134 valence electrons. The van der Waals surface area contributed by atoms with E-state index in [1.807, 2.05) is 0 Å². The molecule has 0 saturated heterocycles. The number of allylic oxidation sites excluding steroid dienone is 2. The molecular weight excluding hydrogens is 355 g/mol. The minimum atomic E-state index is -1.38. The fourth-order valence-electron chi connectivity index (χ4n) is 3.18. The Hall–Kier alpha value is -1.83. The van der Waals surface area contributed by atoms with Gasteiger partial charge >= 0.3 is 6.98 Å². The molecule has 0 fully saturated rings. The average Bonchev–Trinajstić information content (AvgIpc) is 2.60. The van der Waals surface area contributed by atoms with Crippen LogP contribution in [0.3, 0.4) is 0 Å². The van der Waals surface area contributed by atoms with Crippen LogP contribution in [0.2, 0.25) is 19.6 Å². The standard InChI is InChI=1S/C21H26BClN2Si/c1-26(2,3)16-8-12-18(11-4-5-15-23)22-24-19-13-6-9-17-10-7-14-20(25-22)21(17)19/h6-7,9-10,12-14,24-25H,4-5,11,15H2,1-3H3/b18-12+. The van der Waals surface area contributed by atoms with Crippen LogP contribution >= 0.6 is 11.6 Å². The van der Waals surface area contributed by atoms with Gasteiger partial charge < -0.3 is 10.5 Å². The van der Waals surface area contributed by atoms with E-state index < -0.39 is 8.07 Å². The Morgan fingerprint density at radius 3 is 2.31 bits per heavy atom. The quantitative estimate of drug-likeness (QED) is 0.291. The minimum Gasteiger partial charge on any atom is -0.405 e. The highest BCUT2D eigenvalue weighted by Gasteiger charge is 2.26. The highest BCUT2D eigenvalue weighted by molar-refractivity contribution is 6.84. The third-order valence-corrected chi connectivity index (χ3v) is 5.59. The lowest BCUT2D eigenvalue weighted by Crippen LogP contribution is -2.39. The molecule has 2 N–H and O–H groups in total. The van der Waals surface area contributed by atoms with Gasteiger partial charge in [0, 0.05) is 22.6 Å². The van der Waals surface area contributed by atoms with Gasteiger partial charge in [-0.1, -0.05) is 49.8 Å². The SMILES string of the molecule is C[Si](C)(C)C#C/C=C(\CCCCCl)B1Nc2cccc3cccc(c23)N1. The molecule has 0 bridgehead atoms. The Balaban J connectivity index is 1.89. The highest BCUT2D eigenvalue weighted by atomic mass is 35.5. The number of rotatable bonds is 5. The number of hydrogen-bond acceptors (Lipinski definition) is 2. The van der Waals surface area contributed by atoms with Crippen molar-refractivity contribution in [2.75, 3.05) is 16.3 Å². The van der Waals surface area contributed by atoms with Crippen molar-refractivity contribution in [1.29, 1.82) is 0 Å². The zero-order chi connectivity index (χ0) is 18.6. The Morgan fingerprint density at radius 2 is 1.73 bits per heavy atom. The number of halogens is 1. The number of nitrogens with one attached hydrogen (secondary N) is 2. The lowest BCUT2D eigenvalue weighted by atomic mass is 9.63. The predicted molar refractivity (Wildman–Crippen MR) is 121 cm³/mol. The second-order valence-corrected chi connectivity index (χ2v) is 12.9. The second kappa shape index (κ2) is 8.24. The minimum absolute atomic E-state index is 0.0711. The molecular formula is C21H26BClN2Si. The number of benzene rings is 2. The molecule has 1 aliphatic heterocycles. The van der Waals surface area contributed by atoms with Gasteiger partial charge in [0.15, 0.2) is 0 Å². The molecule has 26 heavy (non-hydrogen) atoms. The van der Waals surface area contributed by atoms with Gasteiger partial charge in [0.2, 0.25) is 0 Å². The molecule has 1 aliphatic rings. The van der Waals surface area contributed by atoms with E-state index in [4.69, 9.17) is 11.6 Å². The van der Waals surface area contributed by atoms with E-state index in [9.17, 15) is 0 Å². The molecule has 0 atom stereocenters. The van der Waals surface area contributed by atoms with E-state index in [1.54, 1.807) is 0 Å². The summed E-state index contributed by atoms with van der Waals surface area (Å²) in [5.41, 5.74) is 7.12. The Labute approximate surface area is 163 Å². The maximum atomic E-state index is 5.88. The monoisotopic (exact) mass is 380 g/mol. The Morgan fingerprint density at radius 1 is 1.08 bits per heavy atom. The average molecular weight is 381 g/mol. The van der Waals surface area contributed by atoms with Crippen molar-refractivity contribution < 1.29 is 0 Å². The molecule has 1 heterocycles. The molecule has 0 amide bonds. The highest BCUT2D eigenvalue weighted by Crippen LogP contribution is 2.35. The lowest BCUT2D eigenvalue weighted by molar-refractivity contribution is 0.810. The van der Waals surface area contributed by atoms with Crippen LogP contribution in [0.5, 0.6) is 0 Å². The molecule has 2 aromatic carbocycles. The van der Waals surface area contributed by atoms with Crippen LogP contribution < -0.4 is 10.5 Å². The lowest BCUT2D eigenvalue weighted by Gasteiger charge is -2.28. The molecule has 0 radical (unpaired) electrons. The van der Waals surface area contributed by atoms with Crippen LogP contribution in [-0.4, -0.2) is 20.9 Å². The molecule has 0 spiro atoms. The molecule has 0 aliphatic carbocycles. The molecule has 3 rings (SSSR count). The summed E-state index contributed by atoms with van der Waals surface area (Å²) in [6, 6.07) is 12.8. The summed E-state index contributed by atoms with van der Waals surface area (Å²) in [6.45, 7) is 6.89. The van der Waals surface area contributed by atoms with Gasteiger partial charge in [0.05, 0.1) is 0 Å². The Kier molecular flexibility index (Phi) is 6.01. The molecule has 0 aromatic heterocycles. The third kappa shape index (κ3) is 4.66. The zero-order valence-corrected chi connectivity index (χ0v) is 17.6. The van der Waals surface area contributed by atoms with Crippen molar-refractivity contribution in [2.24, 2.45) is 0 Å². The number of unbranched alkanes of at least 4 members (excludes halogenated alkanes) is 1. The smallest absolute Gasteiger partial charge is 0.402 e. The fraction of sp³-hybridized carbons (Fsp3) is 0.333. The van der Waals surface area contributed by atoms with Crippen LogP contribution in [-0.2, 0) is 0 Å². The summed E-state index contributed by atoms with van der Waals surface area (Å²) in [5.74, 6) is 4.04. The van der Waals surface area contributed by atoms with E-state index in [1.165, 1.54) is 27.6 Å². The van der Waals surface area contributed by atoms with Crippen molar-refractivity contribution in [3.05, 3.63) is 47.9 Å². The van der Waals surface area contributed by atoms with E-state index in [-0.39, 0.29) is 6.98 Å². The van der Waals surface area contributed by atoms with Gasteiger partial charge in [-0.25, -0.2) is 0 Å².